The molecular weight excluding hydrogens is 232 g/mol. The van der Waals surface area contributed by atoms with Gasteiger partial charge in [0.2, 0.25) is 0 Å². The fourth-order valence-corrected chi connectivity index (χ4v) is 1.78. The normalized spacial score (nSPS) is 11.3. The maximum absolute atomic E-state index is 5.84. The number of para-hydroxylation sites is 1. The monoisotopic (exact) mass is 253 g/mol. The predicted molar refractivity (Wildman–Crippen MR) is 80.4 cm³/mol. The molecule has 0 heterocycles. The van der Waals surface area contributed by atoms with Gasteiger partial charge in [-0.25, -0.2) is 0 Å². The van der Waals surface area contributed by atoms with Crippen LogP contribution in [0.15, 0.2) is 54.6 Å². The van der Waals surface area contributed by atoms with E-state index in [1.807, 2.05) is 42.5 Å². The summed E-state index contributed by atoms with van der Waals surface area (Å²) >= 11 is 0. The van der Waals surface area contributed by atoms with Gasteiger partial charge in [0.1, 0.15) is 11.5 Å². The van der Waals surface area contributed by atoms with Crippen molar-refractivity contribution in [2.75, 3.05) is 0 Å². The summed E-state index contributed by atoms with van der Waals surface area (Å²) in [7, 11) is 0. The molecule has 19 heavy (non-hydrogen) atoms. The van der Waals surface area contributed by atoms with Gasteiger partial charge in [-0.3, -0.25) is 0 Å². The Kier molecular flexibility index (Phi) is 4.26. The summed E-state index contributed by atoms with van der Waals surface area (Å²) in [5, 5.41) is 0. The summed E-state index contributed by atoms with van der Waals surface area (Å²) in [5.74, 6) is 1.77. The lowest BCUT2D eigenvalue weighted by atomic mass is 9.89. The minimum absolute atomic E-state index is 0.246. The molecule has 0 spiro atoms. The molecule has 0 fully saturated rings. The van der Waals surface area contributed by atoms with Crippen LogP contribution in [0.25, 0.3) is 0 Å². The van der Waals surface area contributed by atoms with Crippen molar-refractivity contribution in [3.63, 3.8) is 0 Å². The highest BCUT2D eigenvalue weighted by Gasteiger charge is 2.10. The smallest absolute Gasteiger partial charge is 0.127 e. The highest BCUT2D eigenvalue weighted by Crippen LogP contribution is 2.24. The molecule has 0 aromatic heterocycles. The third-order valence-corrected chi connectivity index (χ3v) is 2.83. The van der Waals surface area contributed by atoms with E-state index in [4.69, 9.17) is 4.74 Å². The lowest BCUT2D eigenvalue weighted by molar-refractivity contribution is 0.476. The second-order valence-corrected chi connectivity index (χ2v) is 5.84. The molecule has 0 N–H and O–H groups in total. The molecule has 0 amide bonds. The van der Waals surface area contributed by atoms with Crippen LogP contribution in [0.4, 0.5) is 0 Å². The van der Waals surface area contributed by atoms with Crippen molar-refractivity contribution in [3.8, 4) is 11.5 Å². The van der Waals surface area contributed by atoms with Gasteiger partial charge < -0.3 is 4.74 Å². The van der Waals surface area contributed by atoms with E-state index >= 15 is 0 Å². The Morgan fingerprint density at radius 2 is 1.58 bits per heavy atom. The van der Waals surface area contributed by atoms with Crippen molar-refractivity contribution in [3.05, 3.63) is 66.6 Å². The Hall–Kier alpha value is -1.76. The summed E-state index contributed by atoms with van der Waals surface area (Å²) < 4.78 is 5.84. The Labute approximate surface area is 116 Å². The fraction of sp³-hybridized carbons (Fsp3) is 0.278. The van der Waals surface area contributed by atoms with E-state index in [1.165, 1.54) is 5.56 Å². The van der Waals surface area contributed by atoms with Crippen LogP contribution in [0.1, 0.15) is 26.3 Å². The third-order valence-electron chi connectivity index (χ3n) is 2.83. The number of benzene rings is 2. The van der Waals surface area contributed by atoms with E-state index in [9.17, 15) is 0 Å². The van der Waals surface area contributed by atoms with Crippen molar-refractivity contribution in [2.45, 2.75) is 27.2 Å². The summed E-state index contributed by atoms with van der Waals surface area (Å²) in [5.41, 5.74) is 1.53. The fourth-order valence-electron chi connectivity index (χ4n) is 1.78. The summed E-state index contributed by atoms with van der Waals surface area (Å²) in [4.78, 5) is 0. The molecule has 1 nitrogen and oxygen atoms in total. The summed E-state index contributed by atoms with van der Waals surface area (Å²) in [6.07, 6.45) is 3.30. The number of hydrogen-bond donors (Lipinski definition) is 0. The van der Waals surface area contributed by atoms with Gasteiger partial charge >= 0.3 is 0 Å². The summed E-state index contributed by atoms with van der Waals surface area (Å²) in [6, 6.07) is 18.2. The maximum atomic E-state index is 5.84. The Balaban J connectivity index is 2.03. The van der Waals surface area contributed by atoms with Crippen LogP contribution in [-0.4, -0.2) is 0 Å². The van der Waals surface area contributed by atoms with E-state index in [1.54, 1.807) is 0 Å². The molecular formula is C18H21O. The van der Waals surface area contributed by atoms with Gasteiger partial charge in [-0.05, 0) is 48.1 Å². The van der Waals surface area contributed by atoms with Crippen LogP contribution in [0.5, 0.6) is 11.5 Å². The van der Waals surface area contributed by atoms with Crippen LogP contribution in [0, 0.1) is 11.8 Å². The first-order valence-electron chi connectivity index (χ1n) is 6.69. The highest BCUT2D eigenvalue weighted by atomic mass is 16.5. The Morgan fingerprint density at radius 1 is 0.895 bits per heavy atom. The maximum Gasteiger partial charge on any atom is 0.127 e. The molecule has 0 unspecified atom stereocenters. The molecule has 0 aliphatic rings. The van der Waals surface area contributed by atoms with Crippen LogP contribution in [-0.2, 0) is 6.42 Å². The molecule has 1 radical (unpaired) electrons. The van der Waals surface area contributed by atoms with Crippen LogP contribution in [0.2, 0.25) is 0 Å². The second-order valence-electron chi connectivity index (χ2n) is 5.84. The van der Waals surface area contributed by atoms with Crippen molar-refractivity contribution in [2.24, 2.45) is 5.41 Å². The van der Waals surface area contributed by atoms with E-state index in [2.05, 4.69) is 39.3 Å². The van der Waals surface area contributed by atoms with Gasteiger partial charge in [-0.2, -0.15) is 0 Å². The minimum atomic E-state index is 0.246. The topological polar surface area (TPSA) is 9.23 Å². The molecule has 2 rings (SSSR count). The molecule has 0 saturated carbocycles. The quantitative estimate of drug-likeness (QED) is 0.721. The van der Waals surface area contributed by atoms with Crippen LogP contribution < -0.4 is 4.74 Å². The standard InChI is InChI=1S/C18H21O/c1-18(2,3)13-12-15-8-7-11-17(14-15)19-16-9-5-4-6-10-16/h4-11,13-14H,12H2,1-3H3. The molecule has 2 aromatic rings. The van der Waals surface area contributed by atoms with Crippen molar-refractivity contribution in [1.82, 2.24) is 0 Å². The Bertz CT molecular complexity index is 509. The van der Waals surface area contributed by atoms with Crippen LogP contribution >= 0.6 is 0 Å². The molecule has 0 saturated heterocycles. The second kappa shape index (κ2) is 5.92. The molecule has 2 aromatic carbocycles. The first-order valence-corrected chi connectivity index (χ1v) is 6.69. The number of rotatable bonds is 4. The van der Waals surface area contributed by atoms with E-state index in [0.717, 1.165) is 17.9 Å². The van der Waals surface area contributed by atoms with Gasteiger partial charge in [0.25, 0.3) is 0 Å². The SMILES string of the molecule is CC(C)(C)[CH]Cc1cccc(Oc2ccccc2)c1. The third kappa shape index (κ3) is 4.78. The molecule has 0 atom stereocenters. The molecule has 0 aliphatic carbocycles. The van der Waals surface area contributed by atoms with Crippen LogP contribution in [0.3, 0.4) is 0 Å². The minimum Gasteiger partial charge on any atom is -0.457 e. The van der Waals surface area contributed by atoms with Crippen molar-refractivity contribution >= 4 is 0 Å². The molecule has 0 bridgehead atoms. The molecule has 99 valence electrons. The van der Waals surface area contributed by atoms with Gasteiger partial charge in [0.15, 0.2) is 0 Å². The number of ether oxygens (including phenoxy) is 1. The number of hydrogen-bond acceptors (Lipinski definition) is 1. The molecule has 0 aliphatic heterocycles. The predicted octanol–water partition coefficient (Wildman–Crippen LogP) is 5.27. The van der Waals surface area contributed by atoms with E-state index in [0.29, 0.717) is 0 Å². The van der Waals surface area contributed by atoms with E-state index in [-0.39, 0.29) is 5.41 Å². The largest absolute Gasteiger partial charge is 0.457 e. The first-order chi connectivity index (χ1) is 9.03. The van der Waals surface area contributed by atoms with Crippen molar-refractivity contribution in [1.29, 1.82) is 0 Å². The Morgan fingerprint density at radius 3 is 2.26 bits per heavy atom. The van der Waals surface area contributed by atoms with Crippen molar-refractivity contribution < 1.29 is 4.74 Å². The first kappa shape index (κ1) is 13.7. The average Bonchev–Trinajstić information content (AvgIpc) is 2.37. The average molecular weight is 253 g/mol. The van der Waals surface area contributed by atoms with Gasteiger partial charge in [-0.1, -0.05) is 51.1 Å². The zero-order valence-corrected chi connectivity index (χ0v) is 11.9. The summed E-state index contributed by atoms with van der Waals surface area (Å²) in [6.45, 7) is 6.66. The van der Waals surface area contributed by atoms with E-state index < -0.39 is 0 Å². The zero-order chi connectivity index (χ0) is 13.7. The van der Waals surface area contributed by atoms with Gasteiger partial charge in [0, 0.05) is 0 Å². The van der Waals surface area contributed by atoms with Gasteiger partial charge in [-0.15, -0.1) is 0 Å². The lowest BCUT2D eigenvalue weighted by Gasteiger charge is -2.17. The van der Waals surface area contributed by atoms with Gasteiger partial charge in [0.05, 0.1) is 0 Å². The molecule has 1 heteroatoms. The zero-order valence-electron chi connectivity index (χ0n) is 11.9. The lowest BCUT2D eigenvalue weighted by Crippen LogP contribution is -2.07. The highest BCUT2D eigenvalue weighted by molar-refractivity contribution is 5.34.